The predicted octanol–water partition coefficient (Wildman–Crippen LogP) is 4.87. The van der Waals surface area contributed by atoms with Crippen molar-refractivity contribution in [3.05, 3.63) is 103 Å². The van der Waals surface area contributed by atoms with Crippen LogP contribution in [0.25, 0.3) is 22.6 Å². The van der Waals surface area contributed by atoms with Gasteiger partial charge in [-0.3, -0.25) is 14.2 Å². The number of hydrogen-bond donors (Lipinski definition) is 0. The van der Waals surface area contributed by atoms with Gasteiger partial charge >= 0.3 is 0 Å². The number of likely N-dealkylation sites (N-methyl/N-ethyl adjacent to an activating group) is 1. The molecule has 0 saturated carbocycles. The molecule has 1 amide bonds. The number of carbonyl (C=O) groups excluding carboxylic acids is 1. The van der Waals surface area contributed by atoms with Crippen molar-refractivity contribution in [1.29, 1.82) is 0 Å². The smallest absolute Gasteiger partial charge is 0.261 e. The number of aromatic nitrogens is 2. The molecule has 32 heavy (non-hydrogen) atoms. The zero-order valence-electron chi connectivity index (χ0n) is 17.7. The zero-order valence-corrected chi connectivity index (χ0v) is 19.8. The van der Waals surface area contributed by atoms with Crippen molar-refractivity contribution >= 4 is 56.7 Å². The Hall–Kier alpha value is -3.26. The Labute approximate surface area is 199 Å². The van der Waals surface area contributed by atoms with E-state index in [2.05, 4.69) is 22.6 Å². The number of anilines is 1. The van der Waals surface area contributed by atoms with Gasteiger partial charge in [-0.15, -0.1) is 0 Å². The lowest BCUT2D eigenvalue weighted by Gasteiger charge is -2.12. The summed E-state index contributed by atoms with van der Waals surface area (Å²) in [6.07, 6.45) is 1.76. The Morgan fingerprint density at radius 1 is 1.00 bits per heavy atom. The molecule has 6 heteroatoms. The Kier molecular flexibility index (Phi) is 5.17. The maximum atomic E-state index is 13.5. The van der Waals surface area contributed by atoms with Gasteiger partial charge in [0.1, 0.15) is 5.82 Å². The van der Waals surface area contributed by atoms with E-state index < -0.39 is 0 Å². The van der Waals surface area contributed by atoms with E-state index in [0.717, 1.165) is 25.9 Å². The van der Waals surface area contributed by atoms with Crippen LogP contribution in [0.2, 0.25) is 0 Å². The number of rotatable bonds is 3. The molecule has 0 saturated heterocycles. The van der Waals surface area contributed by atoms with Gasteiger partial charge in [0.15, 0.2) is 0 Å². The molecule has 0 radical (unpaired) electrons. The number of amides is 1. The number of aryl methyl sites for hydroxylation is 1. The number of fused-ring (bicyclic) bond motifs is 2. The molecule has 0 atom stereocenters. The molecule has 4 aromatic rings. The normalized spacial score (nSPS) is 14.4. The summed E-state index contributed by atoms with van der Waals surface area (Å²) in [4.78, 5) is 33.0. The van der Waals surface area contributed by atoms with E-state index in [1.54, 1.807) is 22.6 Å². The average molecular weight is 533 g/mol. The molecule has 0 bridgehead atoms. The number of benzene rings is 3. The second kappa shape index (κ2) is 8.02. The summed E-state index contributed by atoms with van der Waals surface area (Å²) in [5.74, 6) is 0.368. The van der Waals surface area contributed by atoms with Gasteiger partial charge in [-0.25, -0.2) is 4.98 Å². The van der Waals surface area contributed by atoms with Crippen molar-refractivity contribution in [2.75, 3.05) is 11.9 Å². The highest BCUT2D eigenvalue weighted by molar-refractivity contribution is 14.1. The lowest BCUT2D eigenvalue weighted by molar-refractivity contribution is -0.112. The molecule has 0 aliphatic carbocycles. The van der Waals surface area contributed by atoms with Crippen LogP contribution in [0.1, 0.15) is 22.5 Å². The molecule has 3 aromatic carbocycles. The summed E-state index contributed by atoms with van der Waals surface area (Å²) in [6.45, 7) is 2.37. The highest BCUT2D eigenvalue weighted by Gasteiger charge is 2.30. The Bertz CT molecular complexity index is 1470. The van der Waals surface area contributed by atoms with E-state index in [4.69, 9.17) is 4.98 Å². The third-order valence-electron chi connectivity index (χ3n) is 5.74. The Balaban J connectivity index is 1.76. The van der Waals surface area contributed by atoms with Gasteiger partial charge in [0.05, 0.1) is 28.7 Å². The molecule has 5 rings (SSSR count). The Morgan fingerprint density at radius 3 is 2.56 bits per heavy atom. The van der Waals surface area contributed by atoms with Crippen LogP contribution >= 0.6 is 22.6 Å². The first-order chi connectivity index (χ1) is 15.4. The van der Waals surface area contributed by atoms with Gasteiger partial charge < -0.3 is 4.90 Å². The van der Waals surface area contributed by atoms with Gasteiger partial charge in [0.25, 0.3) is 11.5 Å². The van der Waals surface area contributed by atoms with Crippen LogP contribution in [-0.2, 0) is 11.3 Å². The fraction of sp³-hybridized carbons (Fsp3) is 0.115. The van der Waals surface area contributed by atoms with Gasteiger partial charge in [-0.2, -0.15) is 0 Å². The van der Waals surface area contributed by atoms with Crippen LogP contribution in [0.4, 0.5) is 5.69 Å². The molecule has 2 heterocycles. The van der Waals surface area contributed by atoms with Crippen molar-refractivity contribution in [1.82, 2.24) is 9.55 Å². The van der Waals surface area contributed by atoms with E-state index in [1.807, 2.05) is 73.7 Å². The van der Waals surface area contributed by atoms with Crippen molar-refractivity contribution in [3.63, 3.8) is 0 Å². The molecule has 0 N–H and O–H groups in total. The van der Waals surface area contributed by atoms with E-state index in [-0.39, 0.29) is 11.5 Å². The Morgan fingerprint density at radius 2 is 1.78 bits per heavy atom. The maximum absolute atomic E-state index is 13.5. The maximum Gasteiger partial charge on any atom is 0.261 e. The third-order valence-corrected chi connectivity index (χ3v) is 6.41. The standard InChI is InChI=1S/C26H20IN3O2/c1-16-8-11-23-19(12-16)20(25(31)29(23)2)14-24-28-22-10-9-18(27)13-21(22)26(32)30(24)15-17-6-4-3-5-7-17/h3-14H,15H2,1-2H3/b20-14-. The minimum absolute atomic E-state index is 0.103. The fourth-order valence-electron chi connectivity index (χ4n) is 4.07. The molecule has 0 spiro atoms. The van der Waals surface area contributed by atoms with E-state index in [1.165, 1.54) is 0 Å². The second-order valence-electron chi connectivity index (χ2n) is 7.95. The first-order valence-corrected chi connectivity index (χ1v) is 11.3. The second-order valence-corrected chi connectivity index (χ2v) is 9.20. The summed E-state index contributed by atoms with van der Waals surface area (Å²) in [7, 11) is 1.77. The van der Waals surface area contributed by atoms with E-state index in [0.29, 0.717) is 28.8 Å². The molecule has 0 fully saturated rings. The zero-order chi connectivity index (χ0) is 22.4. The monoisotopic (exact) mass is 533 g/mol. The number of halogens is 1. The molecule has 1 aromatic heterocycles. The van der Waals surface area contributed by atoms with Gasteiger partial charge in [0.2, 0.25) is 0 Å². The van der Waals surface area contributed by atoms with Gasteiger partial charge in [0, 0.05) is 16.2 Å². The van der Waals surface area contributed by atoms with E-state index in [9.17, 15) is 9.59 Å². The minimum Gasteiger partial charge on any atom is -0.311 e. The quantitative estimate of drug-likeness (QED) is 0.279. The van der Waals surface area contributed by atoms with Crippen LogP contribution in [-0.4, -0.2) is 22.5 Å². The van der Waals surface area contributed by atoms with Crippen molar-refractivity contribution in [3.8, 4) is 0 Å². The predicted molar refractivity (Wildman–Crippen MR) is 137 cm³/mol. The summed E-state index contributed by atoms with van der Waals surface area (Å²) in [5.41, 5.74) is 4.83. The van der Waals surface area contributed by atoms with Crippen LogP contribution in [0, 0.1) is 10.5 Å². The highest BCUT2D eigenvalue weighted by Crippen LogP contribution is 2.37. The third kappa shape index (κ3) is 3.54. The molecule has 0 unspecified atom stereocenters. The molecular weight excluding hydrogens is 513 g/mol. The van der Waals surface area contributed by atoms with Gasteiger partial charge in [-0.1, -0.05) is 42.0 Å². The SMILES string of the molecule is Cc1ccc2c(c1)/C(=C/c1nc3ccc(I)cc3c(=O)n1Cc1ccccc1)C(=O)N2C. The summed E-state index contributed by atoms with van der Waals surface area (Å²) >= 11 is 2.20. The lowest BCUT2D eigenvalue weighted by Crippen LogP contribution is -2.25. The lowest BCUT2D eigenvalue weighted by atomic mass is 10.0. The van der Waals surface area contributed by atoms with Crippen LogP contribution < -0.4 is 10.5 Å². The first-order valence-electron chi connectivity index (χ1n) is 10.3. The summed E-state index contributed by atoms with van der Waals surface area (Å²) in [6, 6.07) is 21.4. The highest BCUT2D eigenvalue weighted by atomic mass is 127. The molecule has 1 aliphatic heterocycles. The van der Waals surface area contributed by atoms with Crippen molar-refractivity contribution < 1.29 is 4.79 Å². The molecule has 1 aliphatic rings. The fourth-order valence-corrected chi connectivity index (χ4v) is 4.56. The summed E-state index contributed by atoms with van der Waals surface area (Å²) in [5, 5.41) is 0.570. The van der Waals surface area contributed by atoms with Crippen LogP contribution in [0.15, 0.2) is 71.5 Å². The van der Waals surface area contributed by atoms with Crippen molar-refractivity contribution in [2.24, 2.45) is 0 Å². The number of carbonyl (C=O) groups is 1. The number of nitrogens with zero attached hydrogens (tertiary/aromatic N) is 3. The van der Waals surface area contributed by atoms with Crippen LogP contribution in [0.3, 0.4) is 0 Å². The molecular formula is C26H20IN3O2. The largest absolute Gasteiger partial charge is 0.311 e. The topological polar surface area (TPSA) is 55.2 Å². The van der Waals surface area contributed by atoms with Gasteiger partial charge in [-0.05, 0) is 71.5 Å². The minimum atomic E-state index is -0.118. The first kappa shape index (κ1) is 20.6. The molecule has 5 nitrogen and oxygen atoms in total. The molecule has 158 valence electrons. The van der Waals surface area contributed by atoms with E-state index >= 15 is 0 Å². The van der Waals surface area contributed by atoms with Crippen molar-refractivity contribution in [2.45, 2.75) is 13.5 Å². The summed E-state index contributed by atoms with van der Waals surface area (Å²) < 4.78 is 2.63. The van der Waals surface area contributed by atoms with Crippen LogP contribution in [0.5, 0.6) is 0 Å². The average Bonchev–Trinajstić information content (AvgIpc) is 3.01. The number of hydrogen-bond acceptors (Lipinski definition) is 3.